The maximum atomic E-state index is 12.4. The van der Waals surface area contributed by atoms with Crippen molar-refractivity contribution in [3.63, 3.8) is 0 Å². The molecule has 0 unspecified atom stereocenters. The Labute approximate surface area is 184 Å². The van der Waals surface area contributed by atoms with Gasteiger partial charge >= 0.3 is 0 Å². The number of aromatic nitrogens is 4. The summed E-state index contributed by atoms with van der Waals surface area (Å²) in [4.78, 5) is 24.3. The number of nitrogens with one attached hydrogen (secondary N) is 3. The molecule has 10 heteroatoms. The number of anilines is 1. The van der Waals surface area contributed by atoms with Gasteiger partial charge in [-0.2, -0.15) is 5.10 Å². The summed E-state index contributed by atoms with van der Waals surface area (Å²) in [5, 5.41) is 24.2. The Kier molecular flexibility index (Phi) is 5.37. The van der Waals surface area contributed by atoms with Crippen LogP contribution in [0.4, 0.5) is 5.82 Å². The molecule has 3 aromatic rings. The average molecular weight is 442 g/mol. The van der Waals surface area contributed by atoms with Crippen molar-refractivity contribution in [2.24, 2.45) is 0 Å². The fourth-order valence-corrected chi connectivity index (χ4v) is 5.38. The Hall–Kier alpha value is -2.56. The number of H-pyrrole nitrogens is 1. The molecule has 1 saturated carbocycles. The van der Waals surface area contributed by atoms with Crippen LogP contribution in [-0.2, 0) is 10.4 Å². The largest absolute Gasteiger partial charge is 0.384 e. The monoisotopic (exact) mass is 441 g/mol. The van der Waals surface area contributed by atoms with Crippen LogP contribution in [0.25, 0.3) is 11.0 Å². The van der Waals surface area contributed by atoms with Gasteiger partial charge in [0.1, 0.15) is 11.1 Å². The Balaban J connectivity index is 1.06. The van der Waals surface area contributed by atoms with Crippen molar-refractivity contribution in [1.82, 2.24) is 30.4 Å². The van der Waals surface area contributed by atoms with Gasteiger partial charge in [0, 0.05) is 31.0 Å². The first-order valence-corrected chi connectivity index (χ1v) is 11.6. The second-order valence-corrected chi connectivity index (χ2v) is 9.51. The summed E-state index contributed by atoms with van der Waals surface area (Å²) >= 11 is 1.53. The number of rotatable bonds is 6. The van der Waals surface area contributed by atoms with Gasteiger partial charge in [-0.15, -0.1) is 11.3 Å². The predicted molar refractivity (Wildman–Crippen MR) is 119 cm³/mol. The second-order valence-electron chi connectivity index (χ2n) is 8.62. The van der Waals surface area contributed by atoms with Crippen LogP contribution in [0.1, 0.15) is 36.3 Å². The molecule has 164 valence electrons. The number of carbonyl (C=O) groups is 1. The van der Waals surface area contributed by atoms with E-state index in [0.717, 1.165) is 60.4 Å². The van der Waals surface area contributed by atoms with E-state index in [1.54, 1.807) is 11.7 Å². The van der Waals surface area contributed by atoms with E-state index in [1.165, 1.54) is 11.3 Å². The molecular weight excluding hydrogens is 414 g/mol. The molecule has 9 nitrogen and oxygen atoms in total. The topological polar surface area (TPSA) is 119 Å². The lowest BCUT2D eigenvalue weighted by atomic mass is 9.80. The SMILES string of the molecule is Cc1ccc2[nH]nc(NCC(=O)NC3CN([C@H]4CC[C@@](O)(c5cncs5)CC4)C3)c2n1. The zero-order chi connectivity index (χ0) is 21.4. The van der Waals surface area contributed by atoms with E-state index in [4.69, 9.17) is 0 Å². The number of hydrogen-bond donors (Lipinski definition) is 4. The van der Waals surface area contributed by atoms with Crippen molar-refractivity contribution < 1.29 is 9.90 Å². The predicted octanol–water partition coefficient (Wildman–Crippen LogP) is 1.77. The lowest BCUT2D eigenvalue weighted by Gasteiger charge is -2.48. The van der Waals surface area contributed by atoms with E-state index in [1.807, 2.05) is 19.1 Å². The van der Waals surface area contributed by atoms with Gasteiger partial charge in [0.2, 0.25) is 5.91 Å². The normalized spacial score (nSPS) is 24.8. The van der Waals surface area contributed by atoms with Gasteiger partial charge in [0.25, 0.3) is 0 Å². The molecule has 1 amide bonds. The number of carbonyl (C=O) groups excluding carboxylic acids is 1. The van der Waals surface area contributed by atoms with Gasteiger partial charge in [-0.05, 0) is 44.7 Å². The van der Waals surface area contributed by atoms with Gasteiger partial charge < -0.3 is 15.7 Å². The first-order chi connectivity index (χ1) is 15.0. The maximum Gasteiger partial charge on any atom is 0.239 e. The molecule has 4 N–H and O–H groups in total. The highest BCUT2D eigenvalue weighted by Gasteiger charge is 2.40. The molecule has 31 heavy (non-hydrogen) atoms. The molecule has 1 saturated heterocycles. The molecule has 0 spiro atoms. The van der Waals surface area contributed by atoms with Crippen molar-refractivity contribution >= 4 is 34.1 Å². The molecule has 3 aromatic heterocycles. The number of aromatic amines is 1. The highest BCUT2D eigenvalue weighted by Crippen LogP contribution is 2.40. The van der Waals surface area contributed by atoms with E-state index in [2.05, 4.69) is 35.7 Å². The number of pyridine rings is 1. The minimum atomic E-state index is -0.717. The van der Waals surface area contributed by atoms with Gasteiger partial charge in [-0.3, -0.25) is 19.8 Å². The molecular formula is C21H27N7O2S. The van der Waals surface area contributed by atoms with Gasteiger partial charge in [-0.25, -0.2) is 4.98 Å². The molecule has 2 aliphatic rings. The average Bonchev–Trinajstić information content (AvgIpc) is 3.40. The number of amides is 1. The molecule has 0 bridgehead atoms. The highest BCUT2D eigenvalue weighted by molar-refractivity contribution is 7.09. The summed E-state index contributed by atoms with van der Waals surface area (Å²) in [7, 11) is 0. The summed E-state index contributed by atoms with van der Waals surface area (Å²) in [6, 6.07) is 4.51. The molecule has 2 fully saturated rings. The van der Waals surface area contributed by atoms with Crippen LogP contribution < -0.4 is 10.6 Å². The third-order valence-corrected chi connectivity index (χ3v) is 7.39. The van der Waals surface area contributed by atoms with Crippen LogP contribution >= 0.6 is 11.3 Å². The number of likely N-dealkylation sites (tertiary alicyclic amines) is 1. The molecule has 0 aromatic carbocycles. The van der Waals surface area contributed by atoms with Crippen LogP contribution in [0.15, 0.2) is 23.8 Å². The second kappa shape index (κ2) is 8.18. The zero-order valence-corrected chi connectivity index (χ0v) is 18.3. The van der Waals surface area contributed by atoms with Crippen LogP contribution in [0.2, 0.25) is 0 Å². The highest BCUT2D eigenvalue weighted by atomic mass is 32.1. The van der Waals surface area contributed by atoms with E-state index in [-0.39, 0.29) is 18.5 Å². The maximum absolute atomic E-state index is 12.4. The fourth-order valence-electron chi connectivity index (χ4n) is 4.60. The Morgan fingerprint density at radius 2 is 2.16 bits per heavy atom. The van der Waals surface area contributed by atoms with E-state index in [0.29, 0.717) is 11.9 Å². The summed E-state index contributed by atoms with van der Waals surface area (Å²) in [5.74, 6) is 0.552. The van der Waals surface area contributed by atoms with E-state index in [9.17, 15) is 9.90 Å². The summed E-state index contributed by atoms with van der Waals surface area (Å²) < 4.78 is 0. The number of nitrogens with zero attached hydrogens (tertiary/aromatic N) is 4. The van der Waals surface area contributed by atoms with Crippen molar-refractivity contribution in [3.05, 3.63) is 34.4 Å². The van der Waals surface area contributed by atoms with Gasteiger partial charge in [0.15, 0.2) is 5.82 Å². The first-order valence-electron chi connectivity index (χ1n) is 10.7. The van der Waals surface area contributed by atoms with Crippen LogP contribution in [0.3, 0.4) is 0 Å². The Morgan fingerprint density at radius 1 is 1.35 bits per heavy atom. The Morgan fingerprint density at radius 3 is 2.90 bits per heavy atom. The standard InChI is InChI=1S/C21H27N7O2S/c1-13-2-3-16-19(24-13)20(27-26-16)23-9-18(29)25-14-10-28(11-14)15-4-6-21(30,7-5-15)17-8-22-12-31-17/h2-3,8,12,14-15,30H,4-7,9-11H2,1H3,(H,25,29)(H2,23,26,27)/t15-,21-. The lowest BCUT2D eigenvalue weighted by molar-refractivity contribution is -0.121. The van der Waals surface area contributed by atoms with Crippen LogP contribution in [0, 0.1) is 6.92 Å². The smallest absolute Gasteiger partial charge is 0.239 e. The molecule has 1 aliphatic heterocycles. The van der Waals surface area contributed by atoms with Gasteiger partial charge in [-0.1, -0.05) is 0 Å². The van der Waals surface area contributed by atoms with Crippen LogP contribution in [-0.4, -0.2) is 67.8 Å². The molecule has 1 aliphatic carbocycles. The fraction of sp³-hybridized carbons (Fsp3) is 0.524. The molecule has 4 heterocycles. The van der Waals surface area contributed by atoms with Crippen LogP contribution in [0.5, 0.6) is 0 Å². The lowest BCUT2D eigenvalue weighted by Crippen LogP contribution is -2.63. The molecule has 0 radical (unpaired) electrons. The zero-order valence-electron chi connectivity index (χ0n) is 17.5. The summed E-state index contributed by atoms with van der Waals surface area (Å²) in [6.07, 6.45) is 5.26. The van der Waals surface area contributed by atoms with Crippen molar-refractivity contribution in [1.29, 1.82) is 0 Å². The third kappa shape index (κ3) is 4.15. The van der Waals surface area contributed by atoms with Crippen molar-refractivity contribution in [2.75, 3.05) is 25.0 Å². The minimum Gasteiger partial charge on any atom is -0.384 e. The van der Waals surface area contributed by atoms with E-state index < -0.39 is 5.60 Å². The molecule has 0 atom stereocenters. The summed E-state index contributed by atoms with van der Waals surface area (Å²) in [6.45, 7) is 3.82. The third-order valence-electron chi connectivity index (χ3n) is 6.43. The Bertz CT molecular complexity index is 1050. The quantitative estimate of drug-likeness (QED) is 0.460. The number of aliphatic hydroxyl groups is 1. The van der Waals surface area contributed by atoms with Crippen molar-refractivity contribution in [2.45, 2.75) is 50.3 Å². The molecule has 5 rings (SSSR count). The number of aryl methyl sites for hydroxylation is 1. The number of thiazole rings is 1. The summed E-state index contributed by atoms with van der Waals surface area (Å²) in [5.41, 5.74) is 3.56. The van der Waals surface area contributed by atoms with E-state index >= 15 is 0 Å². The number of hydrogen-bond acceptors (Lipinski definition) is 8. The van der Waals surface area contributed by atoms with Gasteiger partial charge in [0.05, 0.1) is 28.5 Å². The minimum absolute atomic E-state index is 0.0448. The first kappa shape index (κ1) is 20.3. The van der Waals surface area contributed by atoms with Crippen molar-refractivity contribution in [3.8, 4) is 0 Å². The number of fused-ring (bicyclic) bond motifs is 1.